The number of halogens is 3. The molecule has 12 heteroatoms. The molecule has 5 aromatic rings. The van der Waals surface area contributed by atoms with E-state index in [0.717, 1.165) is 43.3 Å². The largest absolute Gasteiger partial charge is 0.496 e. The number of benzene rings is 2. The summed E-state index contributed by atoms with van der Waals surface area (Å²) in [6.45, 7) is 0.442. The highest BCUT2D eigenvalue weighted by Crippen LogP contribution is 2.43. The first-order chi connectivity index (χ1) is 22.7. The molecule has 0 spiro atoms. The molecule has 0 bridgehead atoms. The topological polar surface area (TPSA) is 98.9 Å². The number of nitrogens with one attached hydrogen (secondary N) is 2. The lowest BCUT2D eigenvalue weighted by molar-refractivity contribution is -0.112. The zero-order valence-electron chi connectivity index (χ0n) is 26.1. The molecule has 1 amide bonds. The van der Waals surface area contributed by atoms with Gasteiger partial charge in [0.05, 0.1) is 41.3 Å². The first-order valence-corrected chi connectivity index (χ1v) is 15.6. The molecule has 244 valence electrons. The van der Waals surface area contributed by atoms with Crippen molar-refractivity contribution in [3.05, 3.63) is 95.1 Å². The number of nitrogens with zero attached hydrogens (tertiary/aromatic N) is 3. The molecule has 1 saturated carbocycles. The monoisotopic (exact) mass is 661 g/mol. The van der Waals surface area contributed by atoms with Crippen molar-refractivity contribution >= 4 is 45.5 Å². The SMILES string of the molecule is COc1cc2c(ncn2C)c(Cl)c1-c1cccn2c(C(=O)c3cc(F)c(NC(=O)/C=C/CNC4CCC(OC)CC4)c(F)c3)ccc12. The van der Waals surface area contributed by atoms with Crippen LogP contribution in [0.4, 0.5) is 14.5 Å². The van der Waals surface area contributed by atoms with E-state index in [4.69, 9.17) is 21.1 Å². The van der Waals surface area contributed by atoms with E-state index in [1.54, 1.807) is 55.4 Å². The van der Waals surface area contributed by atoms with Gasteiger partial charge in [0.25, 0.3) is 0 Å². The highest BCUT2D eigenvalue weighted by Gasteiger charge is 2.24. The minimum absolute atomic E-state index is 0.178. The van der Waals surface area contributed by atoms with Crippen LogP contribution in [0.15, 0.2) is 67.1 Å². The normalized spacial score (nSPS) is 16.7. The van der Waals surface area contributed by atoms with E-state index in [1.165, 1.54) is 6.08 Å². The van der Waals surface area contributed by atoms with Gasteiger partial charge in [-0.15, -0.1) is 0 Å². The maximum absolute atomic E-state index is 15.1. The summed E-state index contributed by atoms with van der Waals surface area (Å²) in [6, 6.07) is 10.9. The number of hydrogen-bond acceptors (Lipinski definition) is 6. The predicted molar refractivity (Wildman–Crippen MR) is 177 cm³/mol. The van der Waals surface area contributed by atoms with Gasteiger partial charge in [0.1, 0.15) is 28.6 Å². The van der Waals surface area contributed by atoms with Crippen LogP contribution in [0, 0.1) is 11.6 Å². The van der Waals surface area contributed by atoms with Gasteiger partial charge in [-0.05, 0) is 56.0 Å². The molecular weight excluding hydrogens is 628 g/mol. The van der Waals surface area contributed by atoms with Crippen LogP contribution in [0.5, 0.6) is 5.75 Å². The zero-order valence-corrected chi connectivity index (χ0v) is 26.9. The summed E-state index contributed by atoms with van der Waals surface area (Å²) < 4.78 is 44.8. The van der Waals surface area contributed by atoms with Gasteiger partial charge in [-0.2, -0.15) is 0 Å². The quantitative estimate of drug-likeness (QED) is 0.128. The number of amides is 1. The number of aryl methyl sites for hydroxylation is 1. The van der Waals surface area contributed by atoms with Crippen LogP contribution in [0.25, 0.3) is 27.7 Å². The Bertz CT molecular complexity index is 1990. The van der Waals surface area contributed by atoms with Gasteiger partial charge < -0.3 is 29.1 Å². The van der Waals surface area contributed by atoms with Crippen LogP contribution in [-0.2, 0) is 16.6 Å². The van der Waals surface area contributed by atoms with Crippen LogP contribution in [0.3, 0.4) is 0 Å². The Labute approximate surface area is 275 Å². The first kappa shape index (κ1) is 32.4. The molecule has 0 atom stereocenters. The number of ether oxygens (including phenoxy) is 2. The third-order valence-electron chi connectivity index (χ3n) is 8.69. The number of hydrogen-bond donors (Lipinski definition) is 2. The minimum Gasteiger partial charge on any atom is -0.496 e. The lowest BCUT2D eigenvalue weighted by Gasteiger charge is -2.27. The number of pyridine rings is 1. The number of ketones is 1. The molecule has 0 unspecified atom stereocenters. The van der Waals surface area contributed by atoms with Gasteiger partial charge in [-0.3, -0.25) is 9.59 Å². The molecule has 6 rings (SSSR count). The van der Waals surface area contributed by atoms with Gasteiger partial charge in [-0.1, -0.05) is 23.7 Å². The molecule has 1 aliphatic rings. The number of carbonyl (C=O) groups excluding carboxylic acids is 2. The Morgan fingerprint density at radius 1 is 1.06 bits per heavy atom. The second-order valence-corrected chi connectivity index (χ2v) is 11.9. The van der Waals surface area contributed by atoms with E-state index in [0.29, 0.717) is 51.6 Å². The molecule has 2 aromatic carbocycles. The van der Waals surface area contributed by atoms with Gasteiger partial charge in [0.15, 0.2) is 0 Å². The van der Waals surface area contributed by atoms with Crippen LogP contribution >= 0.6 is 11.6 Å². The highest BCUT2D eigenvalue weighted by atomic mass is 35.5. The lowest BCUT2D eigenvalue weighted by atomic mass is 9.93. The van der Waals surface area contributed by atoms with Crippen LogP contribution in [0.1, 0.15) is 41.7 Å². The summed E-state index contributed by atoms with van der Waals surface area (Å²) in [5.41, 5.74) is 2.63. The Morgan fingerprint density at radius 2 is 1.81 bits per heavy atom. The predicted octanol–water partition coefficient (Wildman–Crippen LogP) is 6.71. The van der Waals surface area contributed by atoms with Crippen molar-refractivity contribution in [2.75, 3.05) is 26.1 Å². The first-order valence-electron chi connectivity index (χ1n) is 15.3. The van der Waals surface area contributed by atoms with Crippen molar-refractivity contribution < 1.29 is 27.8 Å². The van der Waals surface area contributed by atoms with Crippen molar-refractivity contribution in [2.45, 2.75) is 37.8 Å². The Morgan fingerprint density at radius 3 is 2.51 bits per heavy atom. The van der Waals surface area contributed by atoms with Crippen LogP contribution < -0.4 is 15.4 Å². The number of imidazole rings is 1. The second-order valence-electron chi connectivity index (χ2n) is 11.5. The number of carbonyl (C=O) groups is 2. The van der Waals surface area contributed by atoms with Gasteiger partial charge >= 0.3 is 0 Å². The smallest absolute Gasteiger partial charge is 0.248 e. The molecule has 3 heterocycles. The number of anilines is 1. The Balaban J connectivity index is 1.20. The summed E-state index contributed by atoms with van der Waals surface area (Å²) in [5, 5.41) is 5.99. The standard InChI is InChI=1S/C35H34ClF2N5O4/c1-42-19-40-34-28(42)18-29(47-3)31(32(34)36)23-6-5-15-43-26(23)12-13-27(43)35(45)20-16-24(37)33(25(38)17-20)41-30(44)7-4-14-39-21-8-10-22(46-2)11-9-21/h4-7,12-13,15-19,21-22,39H,8-11,14H2,1-3H3,(H,41,44)/b7-4+. The highest BCUT2D eigenvalue weighted by molar-refractivity contribution is 6.38. The van der Waals surface area contributed by atoms with Crippen molar-refractivity contribution in [3.63, 3.8) is 0 Å². The summed E-state index contributed by atoms with van der Waals surface area (Å²) in [4.78, 5) is 30.4. The fourth-order valence-electron chi connectivity index (χ4n) is 6.19. The summed E-state index contributed by atoms with van der Waals surface area (Å²) in [5.74, 6) is -2.91. The Kier molecular flexibility index (Phi) is 9.40. The van der Waals surface area contributed by atoms with Gasteiger partial charge in [-0.25, -0.2) is 13.8 Å². The maximum atomic E-state index is 15.1. The average Bonchev–Trinajstić information content (AvgIpc) is 3.68. The molecule has 0 aliphatic heterocycles. The van der Waals surface area contributed by atoms with Gasteiger partial charge in [0, 0.05) is 61.8 Å². The molecule has 0 radical (unpaired) electrons. The van der Waals surface area contributed by atoms with Gasteiger partial charge in [0.2, 0.25) is 11.7 Å². The third-order valence-corrected chi connectivity index (χ3v) is 9.06. The van der Waals surface area contributed by atoms with Crippen molar-refractivity contribution in [2.24, 2.45) is 7.05 Å². The van der Waals surface area contributed by atoms with E-state index in [1.807, 2.05) is 23.7 Å². The summed E-state index contributed by atoms with van der Waals surface area (Å²) in [6.07, 6.45) is 10.4. The number of rotatable bonds is 10. The Hall–Kier alpha value is -4.58. The number of fused-ring (bicyclic) bond motifs is 2. The summed E-state index contributed by atoms with van der Waals surface area (Å²) in [7, 11) is 5.12. The van der Waals surface area contributed by atoms with E-state index in [-0.39, 0.29) is 11.3 Å². The van der Waals surface area contributed by atoms with Crippen molar-refractivity contribution in [1.29, 1.82) is 0 Å². The van der Waals surface area contributed by atoms with Crippen molar-refractivity contribution in [3.8, 4) is 16.9 Å². The van der Waals surface area contributed by atoms with E-state index in [2.05, 4.69) is 15.6 Å². The molecule has 0 saturated heterocycles. The zero-order chi connectivity index (χ0) is 33.2. The van der Waals surface area contributed by atoms with Crippen LogP contribution in [-0.4, -0.2) is 58.6 Å². The maximum Gasteiger partial charge on any atom is 0.248 e. The fourth-order valence-corrected chi connectivity index (χ4v) is 6.53. The van der Waals surface area contributed by atoms with Crippen molar-refractivity contribution in [1.82, 2.24) is 19.3 Å². The molecule has 3 aromatic heterocycles. The van der Waals surface area contributed by atoms with E-state index in [9.17, 15) is 9.59 Å². The average molecular weight is 662 g/mol. The lowest BCUT2D eigenvalue weighted by Crippen LogP contribution is -2.35. The van der Waals surface area contributed by atoms with E-state index >= 15 is 8.78 Å². The molecule has 1 fully saturated rings. The number of aromatic nitrogens is 3. The molecule has 2 N–H and O–H groups in total. The molecule has 9 nitrogen and oxygen atoms in total. The summed E-state index contributed by atoms with van der Waals surface area (Å²) >= 11 is 6.84. The molecule has 1 aliphatic carbocycles. The molecule has 47 heavy (non-hydrogen) atoms. The molecular formula is C35H34ClF2N5O4. The number of methoxy groups -OCH3 is 2. The third kappa shape index (κ3) is 6.38. The van der Waals surface area contributed by atoms with E-state index < -0.39 is 29.0 Å². The minimum atomic E-state index is -1.06. The van der Waals surface area contributed by atoms with Crippen LogP contribution in [0.2, 0.25) is 5.02 Å². The fraction of sp³-hybridized carbons (Fsp3) is 0.286. The second kappa shape index (κ2) is 13.6.